The lowest BCUT2D eigenvalue weighted by Gasteiger charge is -2.12. The van der Waals surface area contributed by atoms with E-state index < -0.39 is 17.3 Å². The van der Waals surface area contributed by atoms with Crippen molar-refractivity contribution < 1.29 is 19.1 Å². The number of nitrogens with one attached hydrogen (secondary N) is 2. The molecule has 3 N–H and O–H groups in total. The lowest BCUT2D eigenvalue weighted by molar-refractivity contribution is -0.116. The van der Waals surface area contributed by atoms with Crippen LogP contribution in [-0.4, -0.2) is 29.6 Å². The highest BCUT2D eigenvalue weighted by Crippen LogP contribution is 2.15. The quantitative estimate of drug-likeness (QED) is 0.735. The van der Waals surface area contributed by atoms with Crippen LogP contribution in [0.4, 0.5) is 10.1 Å². The Kier molecular flexibility index (Phi) is 5.44. The van der Waals surface area contributed by atoms with E-state index in [9.17, 15) is 14.0 Å². The molecule has 0 heterocycles. The number of carboxylic acids is 1. The Morgan fingerprint density at radius 1 is 1.42 bits per heavy atom. The van der Waals surface area contributed by atoms with Crippen molar-refractivity contribution in [2.45, 2.75) is 26.3 Å². The molecule has 0 aromatic heterocycles. The molecule has 0 saturated carbocycles. The normalized spacial score (nSPS) is 11.9. The third kappa shape index (κ3) is 4.67. The average Bonchev–Trinajstić information content (AvgIpc) is 2.31. The number of rotatable bonds is 6. The summed E-state index contributed by atoms with van der Waals surface area (Å²) in [6.07, 6.45) is 0.258. The molecule has 0 aliphatic carbocycles. The first kappa shape index (κ1) is 15.1. The molecule has 1 atom stereocenters. The van der Waals surface area contributed by atoms with E-state index in [4.69, 9.17) is 5.11 Å². The van der Waals surface area contributed by atoms with Gasteiger partial charge in [0, 0.05) is 18.2 Å². The van der Waals surface area contributed by atoms with Crippen LogP contribution in [0.25, 0.3) is 0 Å². The molecular formula is C13H17FN2O3. The van der Waals surface area contributed by atoms with E-state index in [1.165, 1.54) is 6.07 Å². The number of benzene rings is 1. The Bertz CT molecular complexity index is 477. The Morgan fingerprint density at radius 2 is 2.11 bits per heavy atom. The molecule has 0 aliphatic heterocycles. The van der Waals surface area contributed by atoms with Crippen molar-refractivity contribution in [1.82, 2.24) is 5.32 Å². The molecule has 0 spiro atoms. The largest absolute Gasteiger partial charge is 0.478 e. The fraction of sp³-hybridized carbons (Fsp3) is 0.385. The highest BCUT2D eigenvalue weighted by molar-refractivity contribution is 5.94. The van der Waals surface area contributed by atoms with Crippen molar-refractivity contribution in [3.05, 3.63) is 29.6 Å². The number of carbonyl (C=O) groups excluding carboxylic acids is 1. The van der Waals surface area contributed by atoms with Crippen LogP contribution in [0.2, 0.25) is 0 Å². The summed E-state index contributed by atoms with van der Waals surface area (Å²) in [5, 5.41) is 14.4. The first-order valence-electron chi connectivity index (χ1n) is 6.00. The Hall–Kier alpha value is -1.95. The van der Waals surface area contributed by atoms with E-state index >= 15 is 0 Å². The third-order valence-electron chi connectivity index (χ3n) is 2.52. The summed E-state index contributed by atoms with van der Waals surface area (Å²) in [4.78, 5) is 22.4. The number of aromatic carboxylic acids is 1. The van der Waals surface area contributed by atoms with Gasteiger partial charge in [-0.3, -0.25) is 4.79 Å². The summed E-state index contributed by atoms with van der Waals surface area (Å²) in [5.41, 5.74) is -0.190. The number of halogens is 1. The second-order valence-electron chi connectivity index (χ2n) is 4.21. The minimum Gasteiger partial charge on any atom is -0.478 e. The second-order valence-corrected chi connectivity index (χ2v) is 4.21. The predicted molar refractivity (Wildman–Crippen MR) is 69.7 cm³/mol. The fourth-order valence-corrected chi connectivity index (χ4v) is 1.68. The molecule has 1 rings (SSSR count). The van der Waals surface area contributed by atoms with E-state index in [-0.39, 0.29) is 24.1 Å². The first-order chi connectivity index (χ1) is 8.93. The van der Waals surface area contributed by atoms with Gasteiger partial charge in [-0.15, -0.1) is 0 Å². The molecule has 0 fully saturated rings. The molecule has 19 heavy (non-hydrogen) atoms. The molecule has 5 nitrogen and oxygen atoms in total. The number of carbonyl (C=O) groups is 2. The maximum Gasteiger partial charge on any atom is 0.338 e. The predicted octanol–water partition coefficient (Wildman–Crippen LogP) is 1.85. The Balaban J connectivity index is 2.69. The third-order valence-corrected chi connectivity index (χ3v) is 2.52. The van der Waals surface area contributed by atoms with Crippen molar-refractivity contribution in [3.63, 3.8) is 0 Å². The average molecular weight is 268 g/mol. The SMILES string of the molecule is CCNC(C)CC(=O)Nc1ccc(F)c(C(=O)O)c1. The molecule has 0 saturated heterocycles. The maximum absolute atomic E-state index is 13.2. The van der Waals surface area contributed by atoms with Crippen molar-refractivity contribution in [2.24, 2.45) is 0 Å². The van der Waals surface area contributed by atoms with Crippen LogP contribution < -0.4 is 10.6 Å². The summed E-state index contributed by atoms with van der Waals surface area (Å²) >= 11 is 0. The lowest BCUT2D eigenvalue weighted by Crippen LogP contribution is -2.30. The van der Waals surface area contributed by atoms with E-state index in [1.54, 1.807) is 0 Å². The van der Waals surface area contributed by atoms with Crippen molar-refractivity contribution in [1.29, 1.82) is 0 Å². The zero-order valence-electron chi connectivity index (χ0n) is 10.9. The van der Waals surface area contributed by atoms with E-state index in [0.29, 0.717) is 0 Å². The molecular weight excluding hydrogens is 251 g/mol. The zero-order chi connectivity index (χ0) is 14.4. The molecule has 0 radical (unpaired) electrons. The van der Waals surface area contributed by atoms with Gasteiger partial charge in [-0.1, -0.05) is 6.92 Å². The molecule has 1 amide bonds. The standard InChI is InChI=1S/C13H17FN2O3/c1-3-15-8(2)6-12(17)16-9-4-5-11(14)10(7-9)13(18)19/h4-5,7-8,15H,3,6H2,1-2H3,(H,16,17)(H,18,19). The van der Waals surface area contributed by atoms with Crippen molar-refractivity contribution in [3.8, 4) is 0 Å². The van der Waals surface area contributed by atoms with E-state index in [2.05, 4.69) is 10.6 Å². The summed E-state index contributed by atoms with van der Waals surface area (Å²) in [6.45, 7) is 4.57. The van der Waals surface area contributed by atoms with Crippen LogP contribution in [0.3, 0.4) is 0 Å². The Morgan fingerprint density at radius 3 is 2.68 bits per heavy atom. The van der Waals surface area contributed by atoms with Crippen molar-refractivity contribution in [2.75, 3.05) is 11.9 Å². The van der Waals surface area contributed by atoms with Gasteiger partial charge in [-0.25, -0.2) is 9.18 Å². The van der Waals surface area contributed by atoms with Crippen LogP contribution in [0.5, 0.6) is 0 Å². The molecule has 6 heteroatoms. The van der Waals surface area contributed by atoms with Gasteiger partial charge < -0.3 is 15.7 Å². The maximum atomic E-state index is 13.2. The summed E-state index contributed by atoms with van der Waals surface area (Å²) in [7, 11) is 0. The number of hydrogen-bond donors (Lipinski definition) is 3. The van der Waals surface area contributed by atoms with Gasteiger partial charge in [0.25, 0.3) is 0 Å². The van der Waals surface area contributed by atoms with Gasteiger partial charge in [0.2, 0.25) is 5.91 Å². The molecule has 1 aromatic rings. The van der Waals surface area contributed by atoms with Gasteiger partial charge >= 0.3 is 5.97 Å². The van der Waals surface area contributed by atoms with Crippen LogP contribution in [-0.2, 0) is 4.79 Å². The highest BCUT2D eigenvalue weighted by Gasteiger charge is 2.13. The minimum atomic E-state index is -1.37. The van der Waals surface area contributed by atoms with Crippen LogP contribution >= 0.6 is 0 Å². The first-order valence-corrected chi connectivity index (χ1v) is 6.00. The number of anilines is 1. The minimum absolute atomic E-state index is 0.0180. The monoisotopic (exact) mass is 268 g/mol. The number of carboxylic acid groups (broad SMARTS) is 1. The van der Waals surface area contributed by atoms with Crippen LogP contribution in [0.15, 0.2) is 18.2 Å². The van der Waals surface area contributed by atoms with Gasteiger partial charge in [-0.05, 0) is 31.7 Å². The van der Waals surface area contributed by atoms with E-state index in [1.807, 2.05) is 13.8 Å². The fourth-order valence-electron chi connectivity index (χ4n) is 1.68. The number of amides is 1. The number of hydrogen-bond acceptors (Lipinski definition) is 3. The van der Waals surface area contributed by atoms with Gasteiger partial charge in [-0.2, -0.15) is 0 Å². The van der Waals surface area contributed by atoms with Gasteiger partial charge in [0.1, 0.15) is 5.82 Å². The molecule has 0 aliphatic rings. The molecule has 0 bridgehead atoms. The van der Waals surface area contributed by atoms with Gasteiger partial charge in [0.05, 0.1) is 5.56 Å². The summed E-state index contributed by atoms with van der Waals surface area (Å²) in [6, 6.07) is 3.47. The zero-order valence-corrected chi connectivity index (χ0v) is 10.9. The highest BCUT2D eigenvalue weighted by atomic mass is 19.1. The summed E-state index contributed by atoms with van der Waals surface area (Å²) < 4.78 is 13.2. The van der Waals surface area contributed by atoms with E-state index in [0.717, 1.165) is 18.7 Å². The summed E-state index contributed by atoms with van der Waals surface area (Å²) in [5.74, 6) is -2.45. The van der Waals surface area contributed by atoms with Crippen LogP contribution in [0.1, 0.15) is 30.6 Å². The Labute approximate surface area is 110 Å². The molecule has 104 valence electrons. The smallest absolute Gasteiger partial charge is 0.338 e. The molecule has 1 unspecified atom stereocenters. The second kappa shape index (κ2) is 6.84. The van der Waals surface area contributed by atoms with Gasteiger partial charge in [0.15, 0.2) is 0 Å². The lowest BCUT2D eigenvalue weighted by atomic mass is 10.1. The van der Waals surface area contributed by atoms with Crippen molar-refractivity contribution >= 4 is 17.6 Å². The van der Waals surface area contributed by atoms with Crippen LogP contribution in [0, 0.1) is 5.82 Å². The molecule has 1 aromatic carbocycles. The topological polar surface area (TPSA) is 78.4 Å².